The summed E-state index contributed by atoms with van der Waals surface area (Å²) in [6, 6.07) is 9.98. The molecule has 1 aromatic carbocycles. The van der Waals surface area contributed by atoms with Crippen molar-refractivity contribution in [3.05, 3.63) is 35.9 Å². The standard InChI is InChI=1S/C15H20O4/c1-15(2)18-13(14(10-16)19-15)8-9-17-11-12-6-4-3-5-7-12/h3-7,10,13-14H,8-9,11H2,1-2H3/t13-,14+/m0/s1. The lowest BCUT2D eigenvalue weighted by molar-refractivity contribution is -0.151. The van der Waals surface area contributed by atoms with Gasteiger partial charge in [-0.1, -0.05) is 30.3 Å². The fourth-order valence-electron chi connectivity index (χ4n) is 2.17. The van der Waals surface area contributed by atoms with Crippen molar-refractivity contribution in [3.63, 3.8) is 0 Å². The van der Waals surface area contributed by atoms with Gasteiger partial charge in [-0.3, -0.25) is 0 Å². The zero-order valence-electron chi connectivity index (χ0n) is 11.4. The molecule has 1 aromatic rings. The third kappa shape index (κ3) is 4.13. The lowest BCUT2D eigenvalue weighted by Gasteiger charge is -2.16. The molecular weight excluding hydrogens is 244 g/mol. The molecule has 2 atom stereocenters. The Balaban J connectivity index is 1.72. The molecule has 1 saturated heterocycles. The lowest BCUT2D eigenvalue weighted by Crippen LogP contribution is -2.25. The van der Waals surface area contributed by atoms with E-state index in [4.69, 9.17) is 14.2 Å². The molecule has 0 spiro atoms. The summed E-state index contributed by atoms with van der Waals surface area (Å²) in [7, 11) is 0. The molecule has 4 heteroatoms. The summed E-state index contributed by atoms with van der Waals surface area (Å²) in [5, 5.41) is 0. The molecule has 0 unspecified atom stereocenters. The molecule has 1 aliphatic rings. The molecule has 1 aliphatic heterocycles. The second-order valence-corrected chi connectivity index (χ2v) is 5.10. The maximum Gasteiger partial charge on any atom is 0.164 e. The fourth-order valence-corrected chi connectivity index (χ4v) is 2.17. The van der Waals surface area contributed by atoms with Crippen LogP contribution in [-0.4, -0.2) is 30.9 Å². The quantitative estimate of drug-likeness (QED) is 0.584. The van der Waals surface area contributed by atoms with Crippen molar-refractivity contribution >= 4 is 6.29 Å². The highest BCUT2D eigenvalue weighted by Gasteiger charge is 2.40. The zero-order valence-corrected chi connectivity index (χ0v) is 11.4. The minimum atomic E-state index is -0.685. The molecule has 0 aliphatic carbocycles. The average Bonchev–Trinajstić information content (AvgIpc) is 2.70. The van der Waals surface area contributed by atoms with E-state index in [0.29, 0.717) is 19.6 Å². The highest BCUT2D eigenvalue weighted by Crippen LogP contribution is 2.28. The predicted molar refractivity (Wildman–Crippen MR) is 70.6 cm³/mol. The van der Waals surface area contributed by atoms with E-state index in [9.17, 15) is 4.79 Å². The molecule has 4 nitrogen and oxygen atoms in total. The van der Waals surface area contributed by atoms with Gasteiger partial charge in [0.15, 0.2) is 12.1 Å². The first kappa shape index (κ1) is 14.2. The van der Waals surface area contributed by atoms with E-state index in [1.807, 2.05) is 44.2 Å². The summed E-state index contributed by atoms with van der Waals surface area (Å²) in [5.41, 5.74) is 1.14. The van der Waals surface area contributed by atoms with Gasteiger partial charge in [0, 0.05) is 13.0 Å². The van der Waals surface area contributed by atoms with E-state index in [0.717, 1.165) is 11.8 Å². The van der Waals surface area contributed by atoms with Crippen molar-refractivity contribution in [3.8, 4) is 0 Å². The summed E-state index contributed by atoms with van der Waals surface area (Å²) in [5.74, 6) is -0.685. The van der Waals surface area contributed by atoms with E-state index in [2.05, 4.69) is 0 Å². The van der Waals surface area contributed by atoms with Crippen LogP contribution in [0, 0.1) is 0 Å². The molecule has 2 rings (SSSR count). The number of aldehydes is 1. The SMILES string of the molecule is CC1(C)O[C@@H](CCOCc2ccccc2)[C@@H](C=O)O1. The summed E-state index contributed by atoms with van der Waals surface area (Å²) in [4.78, 5) is 10.9. The molecule has 0 bridgehead atoms. The molecule has 0 N–H and O–H groups in total. The van der Waals surface area contributed by atoms with Gasteiger partial charge in [0.2, 0.25) is 0 Å². The smallest absolute Gasteiger partial charge is 0.164 e. The minimum Gasteiger partial charge on any atom is -0.377 e. The van der Waals surface area contributed by atoms with Crippen LogP contribution in [0.2, 0.25) is 0 Å². The lowest BCUT2D eigenvalue weighted by atomic mass is 10.2. The average molecular weight is 264 g/mol. The van der Waals surface area contributed by atoms with Gasteiger partial charge in [-0.25, -0.2) is 0 Å². The third-order valence-corrected chi connectivity index (χ3v) is 3.01. The topological polar surface area (TPSA) is 44.8 Å². The van der Waals surface area contributed by atoms with Crippen LogP contribution in [0.1, 0.15) is 25.8 Å². The van der Waals surface area contributed by atoms with Gasteiger partial charge in [-0.05, 0) is 19.4 Å². The van der Waals surface area contributed by atoms with Gasteiger partial charge < -0.3 is 19.0 Å². The van der Waals surface area contributed by atoms with Crippen molar-refractivity contribution in [1.29, 1.82) is 0 Å². The number of carbonyl (C=O) groups excluding carboxylic acids is 1. The largest absolute Gasteiger partial charge is 0.377 e. The molecule has 19 heavy (non-hydrogen) atoms. The van der Waals surface area contributed by atoms with Crippen LogP contribution in [-0.2, 0) is 25.6 Å². The Labute approximate surface area is 113 Å². The number of rotatable bonds is 6. The number of benzene rings is 1. The maximum atomic E-state index is 10.9. The third-order valence-electron chi connectivity index (χ3n) is 3.01. The van der Waals surface area contributed by atoms with Crippen molar-refractivity contribution < 1.29 is 19.0 Å². The second kappa shape index (κ2) is 6.28. The Morgan fingerprint density at radius 2 is 2.00 bits per heavy atom. The van der Waals surface area contributed by atoms with Crippen LogP contribution in [0.4, 0.5) is 0 Å². The fraction of sp³-hybridized carbons (Fsp3) is 0.533. The van der Waals surface area contributed by atoms with Gasteiger partial charge >= 0.3 is 0 Å². The monoisotopic (exact) mass is 264 g/mol. The number of hydrogen-bond donors (Lipinski definition) is 0. The van der Waals surface area contributed by atoms with Crippen LogP contribution < -0.4 is 0 Å². The molecule has 1 heterocycles. The second-order valence-electron chi connectivity index (χ2n) is 5.10. The Kier molecular flexibility index (Phi) is 4.69. The van der Waals surface area contributed by atoms with Gasteiger partial charge in [-0.15, -0.1) is 0 Å². The van der Waals surface area contributed by atoms with E-state index in [-0.39, 0.29) is 6.10 Å². The maximum absolute atomic E-state index is 10.9. The Morgan fingerprint density at radius 1 is 1.26 bits per heavy atom. The predicted octanol–water partition coefficient (Wildman–Crippen LogP) is 2.31. The first-order valence-corrected chi connectivity index (χ1v) is 6.53. The highest BCUT2D eigenvalue weighted by molar-refractivity contribution is 5.57. The first-order chi connectivity index (χ1) is 9.11. The molecule has 104 valence electrons. The van der Waals surface area contributed by atoms with Crippen molar-refractivity contribution in [2.75, 3.05) is 6.61 Å². The summed E-state index contributed by atoms with van der Waals surface area (Å²) < 4.78 is 16.7. The van der Waals surface area contributed by atoms with E-state index >= 15 is 0 Å². The summed E-state index contributed by atoms with van der Waals surface area (Å²) >= 11 is 0. The first-order valence-electron chi connectivity index (χ1n) is 6.53. The summed E-state index contributed by atoms with van der Waals surface area (Å²) in [6.07, 6.45) is 0.745. The van der Waals surface area contributed by atoms with Gasteiger partial charge in [-0.2, -0.15) is 0 Å². The minimum absolute atomic E-state index is 0.219. The number of ether oxygens (including phenoxy) is 3. The van der Waals surface area contributed by atoms with Gasteiger partial charge in [0.25, 0.3) is 0 Å². The Morgan fingerprint density at radius 3 is 2.68 bits per heavy atom. The van der Waals surface area contributed by atoms with Crippen LogP contribution in [0.25, 0.3) is 0 Å². The van der Waals surface area contributed by atoms with E-state index < -0.39 is 11.9 Å². The Bertz CT molecular complexity index is 402. The molecule has 0 aromatic heterocycles. The van der Waals surface area contributed by atoms with E-state index in [1.54, 1.807) is 0 Å². The Hall–Kier alpha value is -1.23. The molecule has 1 fully saturated rings. The highest BCUT2D eigenvalue weighted by atomic mass is 16.8. The molecule has 0 radical (unpaired) electrons. The van der Waals surface area contributed by atoms with Crippen molar-refractivity contribution in [2.45, 2.75) is 44.9 Å². The molecule has 0 saturated carbocycles. The van der Waals surface area contributed by atoms with Crippen molar-refractivity contribution in [2.24, 2.45) is 0 Å². The molecular formula is C15H20O4. The van der Waals surface area contributed by atoms with Crippen molar-refractivity contribution in [1.82, 2.24) is 0 Å². The van der Waals surface area contributed by atoms with Gasteiger partial charge in [0.05, 0.1) is 12.7 Å². The number of hydrogen-bond acceptors (Lipinski definition) is 4. The number of carbonyl (C=O) groups is 1. The van der Waals surface area contributed by atoms with E-state index in [1.165, 1.54) is 0 Å². The van der Waals surface area contributed by atoms with Crippen LogP contribution in [0.15, 0.2) is 30.3 Å². The summed E-state index contributed by atoms with van der Waals surface area (Å²) in [6.45, 7) is 4.75. The normalized spacial score (nSPS) is 25.4. The van der Waals surface area contributed by atoms with Crippen LogP contribution >= 0.6 is 0 Å². The van der Waals surface area contributed by atoms with Crippen LogP contribution in [0.5, 0.6) is 0 Å². The van der Waals surface area contributed by atoms with Gasteiger partial charge in [0.1, 0.15) is 6.10 Å². The molecule has 0 amide bonds. The zero-order chi connectivity index (χ0) is 13.7. The van der Waals surface area contributed by atoms with Crippen LogP contribution in [0.3, 0.4) is 0 Å².